The van der Waals surface area contributed by atoms with Gasteiger partial charge in [0.05, 0.1) is 17.4 Å². The Hall–Kier alpha value is -1.58. The molecule has 114 valence electrons. The summed E-state index contributed by atoms with van der Waals surface area (Å²) in [6.45, 7) is 6.94. The van der Waals surface area contributed by atoms with Crippen molar-refractivity contribution in [2.45, 2.75) is 46.1 Å². The van der Waals surface area contributed by atoms with Crippen molar-refractivity contribution in [1.82, 2.24) is 10.3 Å². The molecule has 0 aliphatic heterocycles. The van der Waals surface area contributed by atoms with Crippen LogP contribution in [0.1, 0.15) is 50.4 Å². The fraction of sp³-hybridized carbons (Fsp3) is 0.647. The zero-order valence-corrected chi connectivity index (χ0v) is 13.4. The van der Waals surface area contributed by atoms with Gasteiger partial charge in [0.2, 0.25) is 0 Å². The van der Waals surface area contributed by atoms with Crippen LogP contribution in [0.4, 0.5) is 5.69 Å². The van der Waals surface area contributed by atoms with Crippen molar-refractivity contribution in [3.05, 3.63) is 24.0 Å². The molecule has 4 heteroatoms. The zero-order chi connectivity index (χ0) is 15.3. The summed E-state index contributed by atoms with van der Waals surface area (Å²) in [6.07, 6.45) is 7.13. The van der Waals surface area contributed by atoms with E-state index in [1.165, 1.54) is 19.3 Å². The molecular weight excluding hydrogens is 262 g/mol. The van der Waals surface area contributed by atoms with Crippen molar-refractivity contribution >= 4 is 11.6 Å². The molecule has 2 N–H and O–H groups in total. The number of amides is 1. The number of aromatic nitrogens is 1. The van der Waals surface area contributed by atoms with Gasteiger partial charge in [0.15, 0.2) is 0 Å². The van der Waals surface area contributed by atoms with Crippen molar-refractivity contribution in [2.24, 2.45) is 16.7 Å². The maximum Gasteiger partial charge on any atom is 0.253 e. The molecule has 21 heavy (non-hydrogen) atoms. The van der Waals surface area contributed by atoms with E-state index in [0.29, 0.717) is 5.56 Å². The molecule has 2 saturated carbocycles. The summed E-state index contributed by atoms with van der Waals surface area (Å²) < 4.78 is 0. The molecule has 0 saturated heterocycles. The second-order valence-electron chi connectivity index (χ2n) is 7.49. The van der Waals surface area contributed by atoms with Crippen LogP contribution < -0.4 is 10.6 Å². The molecule has 2 aliphatic carbocycles. The molecule has 1 amide bonds. The molecule has 1 aromatic heterocycles. The number of hydrogen-bond acceptors (Lipinski definition) is 3. The molecule has 0 spiro atoms. The molecule has 2 fully saturated rings. The highest BCUT2D eigenvalue weighted by molar-refractivity contribution is 5.99. The highest BCUT2D eigenvalue weighted by Gasteiger charge is 2.59. The number of nitrogens with zero attached hydrogens (tertiary/aromatic N) is 1. The Morgan fingerprint density at radius 3 is 2.76 bits per heavy atom. The summed E-state index contributed by atoms with van der Waals surface area (Å²) in [5.74, 6) is 0.739. The number of anilines is 1. The summed E-state index contributed by atoms with van der Waals surface area (Å²) in [6, 6.07) is 2.03. The molecule has 2 aliphatic rings. The van der Waals surface area contributed by atoms with E-state index < -0.39 is 0 Å². The van der Waals surface area contributed by atoms with E-state index in [-0.39, 0.29) is 22.8 Å². The first-order valence-corrected chi connectivity index (χ1v) is 7.81. The van der Waals surface area contributed by atoms with Gasteiger partial charge >= 0.3 is 0 Å². The Morgan fingerprint density at radius 1 is 1.38 bits per heavy atom. The zero-order valence-electron chi connectivity index (χ0n) is 13.4. The van der Waals surface area contributed by atoms with Gasteiger partial charge in [-0.3, -0.25) is 9.78 Å². The molecule has 2 bridgehead atoms. The number of carbonyl (C=O) groups is 1. The van der Waals surface area contributed by atoms with Crippen LogP contribution in [0.2, 0.25) is 0 Å². The molecule has 4 nitrogen and oxygen atoms in total. The number of carbonyl (C=O) groups excluding carboxylic acids is 1. The van der Waals surface area contributed by atoms with E-state index in [4.69, 9.17) is 0 Å². The van der Waals surface area contributed by atoms with Gasteiger partial charge in [-0.1, -0.05) is 20.8 Å². The van der Waals surface area contributed by atoms with Gasteiger partial charge in [0, 0.05) is 19.3 Å². The summed E-state index contributed by atoms with van der Waals surface area (Å²) in [7, 11) is 1.82. The predicted molar refractivity (Wildman–Crippen MR) is 84.3 cm³/mol. The maximum atomic E-state index is 12.7. The maximum absolute atomic E-state index is 12.7. The summed E-state index contributed by atoms with van der Waals surface area (Å²) in [4.78, 5) is 16.8. The van der Waals surface area contributed by atoms with Crippen LogP contribution in [-0.4, -0.2) is 24.0 Å². The third kappa shape index (κ3) is 2.12. The van der Waals surface area contributed by atoms with Crippen LogP contribution in [0.15, 0.2) is 18.5 Å². The van der Waals surface area contributed by atoms with Gasteiger partial charge in [0.25, 0.3) is 5.91 Å². The quantitative estimate of drug-likeness (QED) is 0.898. The van der Waals surface area contributed by atoms with Crippen LogP contribution >= 0.6 is 0 Å². The van der Waals surface area contributed by atoms with E-state index >= 15 is 0 Å². The van der Waals surface area contributed by atoms with Crippen molar-refractivity contribution in [1.29, 1.82) is 0 Å². The van der Waals surface area contributed by atoms with Gasteiger partial charge in [0.1, 0.15) is 0 Å². The Morgan fingerprint density at radius 2 is 2.14 bits per heavy atom. The van der Waals surface area contributed by atoms with Gasteiger partial charge in [-0.05, 0) is 42.1 Å². The number of fused-ring (bicyclic) bond motifs is 2. The van der Waals surface area contributed by atoms with Crippen molar-refractivity contribution < 1.29 is 4.79 Å². The predicted octanol–water partition coefficient (Wildman–Crippen LogP) is 3.07. The molecule has 3 rings (SSSR count). The molecule has 1 aromatic rings. The SMILES string of the molecule is CNc1cnccc1C(=O)NC1C2(C)CCC(C2)C1(C)C. The smallest absolute Gasteiger partial charge is 0.253 e. The summed E-state index contributed by atoms with van der Waals surface area (Å²) in [5.41, 5.74) is 1.88. The first kappa shape index (κ1) is 14.4. The van der Waals surface area contributed by atoms with E-state index in [9.17, 15) is 4.79 Å². The number of pyridine rings is 1. The third-order valence-corrected chi connectivity index (χ3v) is 5.88. The Kier molecular flexibility index (Phi) is 3.23. The number of rotatable bonds is 3. The highest BCUT2D eigenvalue weighted by Crippen LogP contribution is 2.62. The molecule has 1 heterocycles. The third-order valence-electron chi connectivity index (χ3n) is 5.88. The first-order chi connectivity index (χ1) is 9.88. The largest absolute Gasteiger partial charge is 0.386 e. The standard InChI is InChI=1S/C17H25N3O/c1-16(2)11-5-7-17(3,9-11)15(16)20-14(21)12-6-8-19-10-13(12)18-4/h6,8,10-11,15,18H,5,7,9H2,1-4H3,(H,20,21). The fourth-order valence-corrected chi connectivity index (χ4v) is 4.66. The topological polar surface area (TPSA) is 54.0 Å². The molecule has 3 unspecified atom stereocenters. The van der Waals surface area contributed by atoms with Gasteiger partial charge in [-0.25, -0.2) is 0 Å². The molecular formula is C17H25N3O. The van der Waals surface area contributed by atoms with E-state index in [1.807, 2.05) is 7.05 Å². The Balaban J connectivity index is 1.85. The lowest BCUT2D eigenvalue weighted by Gasteiger charge is -2.43. The van der Waals surface area contributed by atoms with Crippen LogP contribution in [0, 0.1) is 16.7 Å². The monoisotopic (exact) mass is 287 g/mol. The fourth-order valence-electron chi connectivity index (χ4n) is 4.66. The van der Waals surface area contributed by atoms with Gasteiger partial charge < -0.3 is 10.6 Å². The van der Waals surface area contributed by atoms with Crippen molar-refractivity contribution in [2.75, 3.05) is 12.4 Å². The van der Waals surface area contributed by atoms with Crippen molar-refractivity contribution in [3.8, 4) is 0 Å². The normalized spacial score (nSPS) is 33.0. The lowest BCUT2D eigenvalue weighted by Crippen LogP contribution is -2.52. The first-order valence-electron chi connectivity index (χ1n) is 7.81. The number of nitrogens with one attached hydrogen (secondary N) is 2. The van der Waals surface area contributed by atoms with E-state index in [2.05, 4.69) is 36.4 Å². The molecule has 3 atom stereocenters. The highest BCUT2D eigenvalue weighted by atomic mass is 16.1. The lowest BCUT2D eigenvalue weighted by atomic mass is 9.68. The van der Waals surface area contributed by atoms with Crippen LogP contribution in [-0.2, 0) is 0 Å². The van der Waals surface area contributed by atoms with Crippen LogP contribution in [0.3, 0.4) is 0 Å². The molecule has 0 aromatic carbocycles. The van der Waals surface area contributed by atoms with Crippen molar-refractivity contribution in [3.63, 3.8) is 0 Å². The van der Waals surface area contributed by atoms with E-state index in [0.717, 1.165) is 11.6 Å². The Bertz CT molecular complexity index is 564. The lowest BCUT2D eigenvalue weighted by molar-refractivity contribution is 0.0738. The van der Waals surface area contributed by atoms with Gasteiger partial charge in [-0.2, -0.15) is 0 Å². The minimum atomic E-state index is 0.00796. The Labute approximate surface area is 126 Å². The number of hydrogen-bond donors (Lipinski definition) is 2. The summed E-state index contributed by atoms with van der Waals surface area (Å²) >= 11 is 0. The average molecular weight is 287 g/mol. The van der Waals surface area contributed by atoms with Crippen LogP contribution in [0.5, 0.6) is 0 Å². The summed E-state index contributed by atoms with van der Waals surface area (Å²) in [5, 5.41) is 6.37. The molecule has 0 radical (unpaired) electrons. The second-order valence-corrected chi connectivity index (χ2v) is 7.49. The second kappa shape index (κ2) is 4.72. The van der Waals surface area contributed by atoms with E-state index in [1.54, 1.807) is 18.5 Å². The van der Waals surface area contributed by atoms with Crippen LogP contribution in [0.25, 0.3) is 0 Å². The average Bonchev–Trinajstić information content (AvgIpc) is 2.94. The van der Waals surface area contributed by atoms with Gasteiger partial charge in [-0.15, -0.1) is 0 Å². The minimum absolute atomic E-state index is 0.00796. The minimum Gasteiger partial charge on any atom is -0.386 e.